The molecule has 18 heteroatoms. The van der Waals surface area contributed by atoms with Gasteiger partial charge in [-0.15, -0.1) is 28.2 Å². The van der Waals surface area contributed by atoms with Crippen LogP contribution in [0.3, 0.4) is 0 Å². The Hall–Kier alpha value is -3.69. The number of oxime groups is 1. The van der Waals surface area contributed by atoms with Crippen molar-refractivity contribution in [3.63, 3.8) is 0 Å². The smallest absolute Gasteiger partial charge is 0.352 e. The maximum absolute atomic E-state index is 12.9. The summed E-state index contributed by atoms with van der Waals surface area (Å²) in [6.07, 6.45) is 0. The van der Waals surface area contributed by atoms with Crippen molar-refractivity contribution in [2.75, 3.05) is 23.8 Å². The number of aliphatic carboxylic acids is 1. The van der Waals surface area contributed by atoms with Crippen LogP contribution in [-0.4, -0.2) is 88.2 Å². The number of fused-ring (bicyclic) bond motifs is 1. The van der Waals surface area contributed by atoms with Gasteiger partial charge in [-0.25, -0.2) is 14.5 Å². The summed E-state index contributed by atoms with van der Waals surface area (Å²) in [7, 11) is 1.66. The molecule has 35 heavy (non-hydrogen) atoms. The highest BCUT2D eigenvalue weighted by Gasteiger charge is 2.54. The Morgan fingerprint density at radius 1 is 1.51 bits per heavy atom. The molecule has 0 spiro atoms. The molecule has 2 atom stereocenters. The standard InChI is InChI=1S/C17H16N10O5S3/c1-26-17(22-24-25-26)35-5-7-4-33-14-10(13(29)27(14)11(7)15(30)31)21-12(28)9(23-32-3-2-18)8-6-34-16(19)20-8/h6,10,14H,3-5H2,1H3,(H2,19,20)(H,21,28)(H,30,31)/t10?,14-/m0/s1. The van der Waals surface area contributed by atoms with E-state index in [2.05, 4.69) is 31.0 Å². The second kappa shape index (κ2) is 10.3. The van der Waals surface area contributed by atoms with E-state index in [0.717, 1.165) is 16.2 Å². The van der Waals surface area contributed by atoms with Crippen LogP contribution < -0.4 is 11.1 Å². The Morgan fingerprint density at radius 3 is 2.94 bits per heavy atom. The summed E-state index contributed by atoms with van der Waals surface area (Å²) in [6, 6.07) is 0.736. The van der Waals surface area contributed by atoms with Gasteiger partial charge >= 0.3 is 5.97 Å². The van der Waals surface area contributed by atoms with Crippen molar-refractivity contribution in [1.29, 1.82) is 5.26 Å². The number of nitriles is 1. The summed E-state index contributed by atoms with van der Waals surface area (Å²) >= 11 is 3.64. The molecule has 2 aromatic heterocycles. The molecule has 4 heterocycles. The van der Waals surface area contributed by atoms with E-state index in [1.54, 1.807) is 13.1 Å². The molecule has 1 unspecified atom stereocenters. The van der Waals surface area contributed by atoms with Crippen LogP contribution in [0.25, 0.3) is 0 Å². The third-order valence-electron chi connectivity index (χ3n) is 4.76. The van der Waals surface area contributed by atoms with Gasteiger partial charge in [-0.3, -0.25) is 14.5 Å². The van der Waals surface area contributed by atoms with E-state index in [0.29, 0.717) is 16.5 Å². The van der Waals surface area contributed by atoms with Gasteiger partial charge in [-0.2, -0.15) is 5.26 Å². The first-order valence-electron chi connectivity index (χ1n) is 9.66. The van der Waals surface area contributed by atoms with E-state index in [4.69, 9.17) is 15.8 Å². The molecule has 2 aliphatic heterocycles. The number of carbonyl (C=O) groups excluding carboxylic acids is 2. The van der Waals surface area contributed by atoms with Gasteiger partial charge in [0, 0.05) is 23.9 Å². The molecule has 0 bridgehead atoms. The highest BCUT2D eigenvalue weighted by Crippen LogP contribution is 2.41. The van der Waals surface area contributed by atoms with E-state index < -0.39 is 35.8 Å². The number of carbonyl (C=O) groups is 3. The predicted molar refractivity (Wildman–Crippen MR) is 124 cm³/mol. The van der Waals surface area contributed by atoms with E-state index in [9.17, 15) is 19.5 Å². The van der Waals surface area contributed by atoms with Gasteiger partial charge in [-0.1, -0.05) is 16.9 Å². The number of thioether (sulfide) groups is 2. The van der Waals surface area contributed by atoms with Crippen LogP contribution in [0.4, 0.5) is 5.13 Å². The average Bonchev–Trinajstić information content (AvgIpc) is 3.45. The molecule has 4 N–H and O–H groups in total. The van der Waals surface area contributed by atoms with Crippen molar-refractivity contribution in [1.82, 2.24) is 35.4 Å². The van der Waals surface area contributed by atoms with E-state index in [1.807, 2.05) is 0 Å². The minimum absolute atomic E-state index is 0.117. The van der Waals surface area contributed by atoms with Gasteiger partial charge < -0.3 is 21.0 Å². The zero-order chi connectivity index (χ0) is 25.1. The maximum atomic E-state index is 12.9. The number of nitrogen functional groups attached to an aromatic ring is 1. The molecule has 1 saturated heterocycles. The highest BCUT2D eigenvalue weighted by atomic mass is 32.2. The van der Waals surface area contributed by atoms with Gasteiger partial charge in [0.15, 0.2) is 10.8 Å². The van der Waals surface area contributed by atoms with Crippen LogP contribution in [0, 0.1) is 11.3 Å². The number of tetrazole rings is 1. The molecular formula is C17H16N10O5S3. The van der Waals surface area contributed by atoms with Crippen molar-refractivity contribution in [3.8, 4) is 6.07 Å². The van der Waals surface area contributed by atoms with Crippen LogP contribution in [0.15, 0.2) is 27.0 Å². The van der Waals surface area contributed by atoms with Gasteiger partial charge in [0.2, 0.25) is 11.8 Å². The molecule has 2 aliphatic rings. The second-order valence-corrected chi connectivity index (χ2v) is 9.87. The summed E-state index contributed by atoms with van der Waals surface area (Å²) < 4.78 is 1.46. The van der Waals surface area contributed by atoms with Crippen LogP contribution in [0.5, 0.6) is 0 Å². The molecule has 0 saturated carbocycles. The quantitative estimate of drug-likeness (QED) is 0.116. The molecule has 4 rings (SSSR count). The lowest BCUT2D eigenvalue weighted by molar-refractivity contribution is -0.150. The molecule has 0 radical (unpaired) electrons. The fourth-order valence-corrected chi connectivity index (χ4v) is 6.11. The summed E-state index contributed by atoms with van der Waals surface area (Å²) in [6.45, 7) is -0.400. The number of nitrogens with zero attached hydrogens (tertiary/aromatic N) is 8. The third kappa shape index (κ3) is 4.91. The van der Waals surface area contributed by atoms with Crippen LogP contribution in [0.1, 0.15) is 5.69 Å². The molecule has 0 aliphatic carbocycles. The molecular weight excluding hydrogens is 520 g/mol. The number of rotatable bonds is 9. The van der Waals surface area contributed by atoms with Gasteiger partial charge in [0.25, 0.3) is 11.8 Å². The number of aromatic nitrogens is 5. The number of amides is 2. The predicted octanol–water partition coefficient (Wildman–Crippen LogP) is -0.976. The Morgan fingerprint density at radius 2 is 2.31 bits per heavy atom. The number of thiazole rings is 1. The number of aryl methyl sites for hydroxylation is 1. The van der Waals surface area contributed by atoms with Crippen molar-refractivity contribution < 1.29 is 24.3 Å². The SMILES string of the molecule is Cn1nnnc1SCC1=C(C(=O)O)N2C(=O)C(NC(=O)C(=NOCC#N)c3csc(N)n3)[C@@H]2SC1. The first-order chi connectivity index (χ1) is 16.8. The number of carboxylic acid groups (broad SMARTS) is 1. The average molecular weight is 537 g/mol. The zero-order valence-corrected chi connectivity index (χ0v) is 20.3. The number of anilines is 1. The van der Waals surface area contributed by atoms with Crippen molar-refractivity contribution in [2.45, 2.75) is 16.6 Å². The minimum Gasteiger partial charge on any atom is -0.477 e. The van der Waals surface area contributed by atoms with Crippen LogP contribution in [0.2, 0.25) is 0 Å². The molecule has 182 valence electrons. The Kier molecular flexibility index (Phi) is 7.18. The lowest BCUT2D eigenvalue weighted by Crippen LogP contribution is -2.71. The number of nitrogens with two attached hydrogens (primary N) is 1. The lowest BCUT2D eigenvalue weighted by atomic mass is 10.0. The Balaban J connectivity index is 1.49. The monoisotopic (exact) mass is 536 g/mol. The van der Waals surface area contributed by atoms with Gasteiger partial charge in [0.1, 0.15) is 28.9 Å². The van der Waals surface area contributed by atoms with E-state index in [1.165, 1.54) is 33.6 Å². The zero-order valence-electron chi connectivity index (χ0n) is 17.8. The summed E-state index contributed by atoms with van der Waals surface area (Å²) in [5, 5.41) is 37.4. The lowest BCUT2D eigenvalue weighted by Gasteiger charge is -2.49. The number of carboxylic acids is 1. The molecule has 1 fully saturated rings. The Bertz CT molecular complexity index is 1280. The fourth-order valence-electron chi connectivity index (χ4n) is 3.23. The minimum atomic E-state index is -1.25. The summed E-state index contributed by atoms with van der Waals surface area (Å²) in [5.41, 5.74) is 5.90. The molecule has 2 aromatic rings. The number of nitrogens with one attached hydrogen (secondary N) is 1. The van der Waals surface area contributed by atoms with Crippen molar-refractivity contribution in [3.05, 3.63) is 22.3 Å². The third-order valence-corrected chi connectivity index (χ3v) is 7.87. The van der Waals surface area contributed by atoms with E-state index >= 15 is 0 Å². The molecule has 0 aromatic carbocycles. The first-order valence-corrected chi connectivity index (χ1v) is 12.6. The number of hydrogen-bond donors (Lipinski definition) is 3. The molecule has 2 amide bonds. The fraction of sp³-hybridized carbons (Fsp3) is 0.353. The van der Waals surface area contributed by atoms with Gasteiger partial charge in [0.05, 0.1) is 0 Å². The normalized spacial score (nSPS) is 19.6. The van der Waals surface area contributed by atoms with Crippen LogP contribution in [-0.2, 0) is 26.3 Å². The number of hydrogen-bond acceptors (Lipinski definition) is 14. The largest absolute Gasteiger partial charge is 0.477 e. The van der Waals surface area contributed by atoms with Crippen molar-refractivity contribution in [2.24, 2.45) is 12.2 Å². The van der Waals surface area contributed by atoms with Gasteiger partial charge in [-0.05, 0) is 16.0 Å². The topological polar surface area (TPSA) is 215 Å². The highest BCUT2D eigenvalue weighted by molar-refractivity contribution is 8.01. The maximum Gasteiger partial charge on any atom is 0.352 e. The second-order valence-electron chi connectivity index (χ2n) is 6.93. The van der Waals surface area contributed by atoms with Crippen molar-refractivity contribution >= 4 is 63.5 Å². The summed E-state index contributed by atoms with van der Waals surface area (Å²) in [4.78, 5) is 47.8. The van der Waals surface area contributed by atoms with Crippen LogP contribution >= 0.6 is 34.9 Å². The summed E-state index contributed by atoms with van der Waals surface area (Å²) in [5.74, 6) is -2.00. The van der Waals surface area contributed by atoms with E-state index in [-0.39, 0.29) is 28.0 Å². The first kappa shape index (κ1) is 24.4. The Labute approximate surface area is 209 Å². The number of β-lactam (4-membered cyclic amide) rings is 1. The molecule has 15 nitrogen and oxygen atoms in total.